The van der Waals surface area contributed by atoms with Crippen molar-refractivity contribution in [1.82, 2.24) is 19.6 Å². The largest absolute Gasteiger partial charge is 0.462 e. The average Bonchev–Trinajstić information content (AvgIpc) is 2.94. The number of esters is 1. The molecule has 0 N–H and O–H groups in total. The molecule has 0 fully saturated rings. The van der Waals surface area contributed by atoms with E-state index in [9.17, 15) is 4.79 Å². The SMILES string of the molecule is COC(=O)c1nnc(-c2nsc(C(C)(C)C)n2)o1. The van der Waals surface area contributed by atoms with E-state index in [1.54, 1.807) is 0 Å². The second-order valence-corrected chi connectivity index (χ2v) is 5.33. The first-order chi connectivity index (χ1) is 8.41. The van der Waals surface area contributed by atoms with Gasteiger partial charge in [-0.05, 0) is 11.5 Å². The maximum absolute atomic E-state index is 11.2. The topological polar surface area (TPSA) is 91.0 Å². The Labute approximate surface area is 107 Å². The predicted octanol–water partition coefficient (Wildman–Crippen LogP) is 1.67. The van der Waals surface area contributed by atoms with E-state index in [0.717, 1.165) is 5.01 Å². The molecule has 0 unspecified atom stereocenters. The smallest absolute Gasteiger partial charge is 0.396 e. The van der Waals surface area contributed by atoms with Gasteiger partial charge >= 0.3 is 11.9 Å². The highest BCUT2D eigenvalue weighted by Gasteiger charge is 2.23. The number of ether oxygens (including phenoxy) is 1. The van der Waals surface area contributed by atoms with E-state index in [2.05, 4.69) is 24.3 Å². The van der Waals surface area contributed by atoms with E-state index in [1.165, 1.54) is 18.6 Å². The van der Waals surface area contributed by atoms with Gasteiger partial charge in [0, 0.05) is 5.41 Å². The fourth-order valence-corrected chi connectivity index (χ4v) is 1.79. The number of aromatic nitrogens is 4. The molecule has 0 spiro atoms. The Balaban J connectivity index is 2.30. The van der Waals surface area contributed by atoms with Crippen LogP contribution in [0.25, 0.3) is 11.7 Å². The van der Waals surface area contributed by atoms with E-state index in [4.69, 9.17) is 4.42 Å². The zero-order valence-corrected chi connectivity index (χ0v) is 11.2. The van der Waals surface area contributed by atoms with Crippen molar-refractivity contribution in [3.8, 4) is 11.7 Å². The Kier molecular flexibility index (Phi) is 3.12. The molecule has 0 saturated carbocycles. The summed E-state index contributed by atoms with van der Waals surface area (Å²) in [6, 6.07) is 0. The Morgan fingerprint density at radius 3 is 2.61 bits per heavy atom. The molecule has 0 aliphatic carbocycles. The van der Waals surface area contributed by atoms with Gasteiger partial charge in [0.15, 0.2) is 0 Å². The highest BCUT2D eigenvalue weighted by Crippen LogP contribution is 2.26. The monoisotopic (exact) mass is 268 g/mol. The third-order valence-electron chi connectivity index (χ3n) is 2.04. The lowest BCUT2D eigenvalue weighted by Gasteiger charge is -2.12. The van der Waals surface area contributed by atoms with E-state index in [1.807, 2.05) is 20.8 Å². The molecule has 0 atom stereocenters. The summed E-state index contributed by atoms with van der Waals surface area (Å²) in [7, 11) is 1.24. The zero-order valence-electron chi connectivity index (χ0n) is 10.4. The van der Waals surface area contributed by atoms with Crippen LogP contribution in [0.5, 0.6) is 0 Å². The first-order valence-electron chi connectivity index (χ1n) is 5.18. The molecule has 7 nitrogen and oxygen atoms in total. The lowest BCUT2D eigenvalue weighted by Crippen LogP contribution is -2.10. The van der Waals surface area contributed by atoms with Crippen molar-refractivity contribution in [1.29, 1.82) is 0 Å². The molecule has 0 aromatic carbocycles. The Bertz CT molecular complexity index is 570. The summed E-state index contributed by atoms with van der Waals surface area (Å²) in [5.74, 6) is -0.450. The molecule has 8 heteroatoms. The first kappa shape index (κ1) is 12.6. The van der Waals surface area contributed by atoms with Gasteiger partial charge in [-0.1, -0.05) is 20.8 Å². The van der Waals surface area contributed by atoms with E-state index >= 15 is 0 Å². The molecular formula is C10H12N4O3S. The van der Waals surface area contributed by atoms with Crippen LogP contribution in [-0.4, -0.2) is 32.6 Å². The first-order valence-corrected chi connectivity index (χ1v) is 5.95. The minimum absolute atomic E-state index is 0.0961. The third kappa shape index (κ3) is 2.37. The fourth-order valence-electron chi connectivity index (χ4n) is 1.10. The summed E-state index contributed by atoms with van der Waals surface area (Å²) in [4.78, 5) is 15.5. The molecule has 2 rings (SSSR count). The number of nitrogens with zero attached hydrogens (tertiary/aromatic N) is 4. The molecule has 0 amide bonds. The molecule has 0 saturated heterocycles. The lowest BCUT2D eigenvalue weighted by atomic mass is 9.98. The van der Waals surface area contributed by atoms with Gasteiger partial charge in [0.05, 0.1) is 7.11 Å². The molecule has 0 aliphatic rings. The van der Waals surface area contributed by atoms with Gasteiger partial charge in [-0.15, -0.1) is 10.2 Å². The molecule has 2 heterocycles. The molecule has 2 aromatic rings. The van der Waals surface area contributed by atoms with Crippen LogP contribution in [0.4, 0.5) is 0 Å². The Hall–Kier alpha value is -1.83. The normalized spacial score (nSPS) is 11.6. The summed E-state index contributed by atoms with van der Waals surface area (Å²) in [5, 5.41) is 8.14. The van der Waals surface area contributed by atoms with Crippen molar-refractivity contribution in [3.05, 3.63) is 10.9 Å². The van der Waals surface area contributed by atoms with Gasteiger partial charge in [0.2, 0.25) is 5.82 Å². The van der Waals surface area contributed by atoms with Crippen LogP contribution >= 0.6 is 11.5 Å². The molecule has 18 heavy (non-hydrogen) atoms. The van der Waals surface area contributed by atoms with Crippen LogP contribution in [0.3, 0.4) is 0 Å². The summed E-state index contributed by atoms with van der Waals surface area (Å²) in [5.41, 5.74) is -0.0961. The summed E-state index contributed by atoms with van der Waals surface area (Å²) < 4.78 is 13.7. The Morgan fingerprint density at radius 2 is 2.06 bits per heavy atom. The highest BCUT2D eigenvalue weighted by molar-refractivity contribution is 7.05. The molecule has 96 valence electrons. The van der Waals surface area contributed by atoms with Gasteiger partial charge in [0.1, 0.15) is 5.01 Å². The average molecular weight is 268 g/mol. The van der Waals surface area contributed by atoms with Crippen LogP contribution in [-0.2, 0) is 10.2 Å². The number of methoxy groups -OCH3 is 1. The summed E-state index contributed by atoms with van der Waals surface area (Å²) in [6.07, 6.45) is 0. The minimum atomic E-state index is -0.681. The van der Waals surface area contributed by atoms with Crippen molar-refractivity contribution >= 4 is 17.5 Å². The van der Waals surface area contributed by atoms with E-state index in [0.29, 0.717) is 5.82 Å². The van der Waals surface area contributed by atoms with Gasteiger partial charge in [-0.3, -0.25) is 0 Å². The second-order valence-electron chi connectivity index (χ2n) is 4.58. The molecule has 0 aliphatic heterocycles. The number of hydrogen-bond donors (Lipinski definition) is 0. The number of hydrogen-bond acceptors (Lipinski definition) is 8. The zero-order chi connectivity index (χ0) is 13.3. The fraction of sp³-hybridized carbons (Fsp3) is 0.500. The maximum Gasteiger partial charge on any atom is 0.396 e. The maximum atomic E-state index is 11.2. The number of carbonyl (C=O) groups is 1. The van der Waals surface area contributed by atoms with Crippen molar-refractivity contribution < 1.29 is 13.9 Å². The number of rotatable bonds is 2. The predicted molar refractivity (Wildman–Crippen MR) is 63.2 cm³/mol. The van der Waals surface area contributed by atoms with E-state index in [-0.39, 0.29) is 17.2 Å². The molecule has 2 aromatic heterocycles. The van der Waals surface area contributed by atoms with Crippen molar-refractivity contribution in [3.63, 3.8) is 0 Å². The van der Waals surface area contributed by atoms with Crippen LogP contribution in [0.15, 0.2) is 4.42 Å². The van der Waals surface area contributed by atoms with Crippen LogP contribution < -0.4 is 0 Å². The second kappa shape index (κ2) is 4.45. The van der Waals surface area contributed by atoms with Crippen molar-refractivity contribution in [2.45, 2.75) is 26.2 Å². The standard InChI is InChI=1S/C10H12N4O3S/c1-10(2,3)9-11-5(14-18-9)6-12-13-7(17-6)8(15)16-4/h1-4H3. The number of carbonyl (C=O) groups excluding carboxylic acids is 1. The molecule has 0 radical (unpaired) electrons. The molecular weight excluding hydrogens is 256 g/mol. The van der Waals surface area contributed by atoms with E-state index < -0.39 is 5.97 Å². The summed E-state index contributed by atoms with van der Waals surface area (Å²) in [6.45, 7) is 6.10. The van der Waals surface area contributed by atoms with Gasteiger partial charge < -0.3 is 9.15 Å². The Morgan fingerprint density at radius 1 is 1.33 bits per heavy atom. The van der Waals surface area contributed by atoms with Gasteiger partial charge in [-0.2, -0.15) is 4.37 Å². The van der Waals surface area contributed by atoms with Crippen LogP contribution in [0, 0.1) is 0 Å². The van der Waals surface area contributed by atoms with Crippen LogP contribution in [0.1, 0.15) is 36.5 Å². The van der Waals surface area contributed by atoms with Gasteiger partial charge in [0.25, 0.3) is 5.89 Å². The lowest BCUT2D eigenvalue weighted by molar-refractivity contribution is 0.0556. The van der Waals surface area contributed by atoms with Crippen molar-refractivity contribution in [2.24, 2.45) is 0 Å². The highest BCUT2D eigenvalue weighted by atomic mass is 32.1. The minimum Gasteiger partial charge on any atom is -0.462 e. The van der Waals surface area contributed by atoms with Crippen LogP contribution in [0.2, 0.25) is 0 Å². The quantitative estimate of drug-likeness (QED) is 0.765. The third-order valence-corrected chi connectivity index (χ3v) is 3.18. The summed E-state index contributed by atoms with van der Waals surface area (Å²) >= 11 is 1.27. The van der Waals surface area contributed by atoms with Gasteiger partial charge in [-0.25, -0.2) is 9.78 Å². The van der Waals surface area contributed by atoms with Crippen molar-refractivity contribution in [2.75, 3.05) is 7.11 Å². The molecule has 0 bridgehead atoms.